The van der Waals surface area contributed by atoms with Crippen LogP contribution < -0.4 is 5.32 Å². The molecule has 1 N–H and O–H groups in total. The summed E-state index contributed by atoms with van der Waals surface area (Å²) < 4.78 is 5.90. The van der Waals surface area contributed by atoms with Crippen LogP contribution in [-0.4, -0.2) is 23.5 Å². The fourth-order valence-corrected chi connectivity index (χ4v) is 2.10. The molecule has 116 valence electrons. The molecule has 0 aliphatic rings. The number of aryl methyl sites for hydroxylation is 1. The van der Waals surface area contributed by atoms with Crippen LogP contribution in [0.4, 0.5) is 0 Å². The van der Waals surface area contributed by atoms with E-state index in [1.165, 1.54) is 5.56 Å². The minimum absolute atomic E-state index is 0.132. The molecule has 20 heavy (non-hydrogen) atoms. The molecule has 1 unspecified atom stereocenters. The van der Waals surface area contributed by atoms with Crippen molar-refractivity contribution in [2.75, 3.05) is 7.05 Å². The number of rotatable bonds is 6. The molecule has 1 aromatic heterocycles. The minimum Gasteiger partial charge on any atom is -0.465 e. The topological polar surface area (TPSA) is 28.4 Å². The van der Waals surface area contributed by atoms with Gasteiger partial charge in [0.1, 0.15) is 11.5 Å². The van der Waals surface area contributed by atoms with Gasteiger partial charge in [-0.1, -0.05) is 13.8 Å². The average molecular weight is 280 g/mol. The Morgan fingerprint density at radius 2 is 1.85 bits per heavy atom. The van der Waals surface area contributed by atoms with Crippen molar-refractivity contribution in [3.63, 3.8) is 0 Å². The molecule has 1 aromatic rings. The first-order valence-electron chi connectivity index (χ1n) is 7.63. The van der Waals surface area contributed by atoms with E-state index >= 15 is 0 Å². The van der Waals surface area contributed by atoms with Crippen LogP contribution in [0.15, 0.2) is 10.5 Å². The molecule has 0 fully saturated rings. The number of hydrogen-bond acceptors (Lipinski definition) is 3. The van der Waals surface area contributed by atoms with Crippen molar-refractivity contribution in [3.05, 3.63) is 23.2 Å². The van der Waals surface area contributed by atoms with E-state index in [2.05, 4.69) is 71.8 Å². The Hall–Kier alpha value is -0.800. The van der Waals surface area contributed by atoms with Gasteiger partial charge in [0.05, 0.1) is 6.54 Å². The number of nitrogens with zero attached hydrogens (tertiary/aromatic N) is 1. The van der Waals surface area contributed by atoms with Crippen LogP contribution in [0.2, 0.25) is 0 Å². The molecule has 1 rings (SSSR count). The lowest BCUT2D eigenvalue weighted by Crippen LogP contribution is -2.35. The molecule has 0 saturated carbocycles. The van der Waals surface area contributed by atoms with E-state index in [4.69, 9.17) is 4.42 Å². The maximum atomic E-state index is 5.90. The summed E-state index contributed by atoms with van der Waals surface area (Å²) in [6.45, 7) is 17.1. The van der Waals surface area contributed by atoms with Crippen LogP contribution in [-0.2, 0) is 13.1 Å². The maximum Gasteiger partial charge on any atom is 0.118 e. The van der Waals surface area contributed by atoms with E-state index in [1.54, 1.807) is 0 Å². The van der Waals surface area contributed by atoms with E-state index in [9.17, 15) is 0 Å². The molecule has 3 nitrogen and oxygen atoms in total. The zero-order valence-electron chi connectivity index (χ0n) is 14.5. The molecule has 1 atom stereocenters. The summed E-state index contributed by atoms with van der Waals surface area (Å²) in [7, 11) is 2.16. The van der Waals surface area contributed by atoms with Gasteiger partial charge in [0.15, 0.2) is 0 Å². The number of furan rings is 1. The van der Waals surface area contributed by atoms with E-state index in [0.717, 1.165) is 24.6 Å². The van der Waals surface area contributed by atoms with Gasteiger partial charge in [-0.05, 0) is 53.7 Å². The van der Waals surface area contributed by atoms with Crippen molar-refractivity contribution in [2.45, 2.75) is 73.1 Å². The predicted octanol–water partition coefficient (Wildman–Crippen LogP) is 3.95. The molecule has 0 aromatic carbocycles. The molecular formula is C17H32N2O. The van der Waals surface area contributed by atoms with Crippen molar-refractivity contribution in [1.82, 2.24) is 10.2 Å². The van der Waals surface area contributed by atoms with Gasteiger partial charge in [0.25, 0.3) is 0 Å². The Bertz CT molecular complexity index is 415. The number of nitrogens with one attached hydrogen (secondary N) is 1. The monoisotopic (exact) mass is 280 g/mol. The van der Waals surface area contributed by atoms with Crippen molar-refractivity contribution in [1.29, 1.82) is 0 Å². The van der Waals surface area contributed by atoms with Gasteiger partial charge < -0.3 is 9.73 Å². The molecule has 3 heteroatoms. The third-order valence-electron chi connectivity index (χ3n) is 3.95. The highest BCUT2D eigenvalue weighted by atomic mass is 16.3. The zero-order chi connectivity index (χ0) is 15.5. The molecule has 0 saturated heterocycles. The lowest BCUT2D eigenvalue weighted by Gasteiger charge is -2.26. The second-order valence-corrected chi connectivity index (χ2v) is 7.30. The summed E-state index contributed by atoms with van der Waals surface area (Å²) in [5.41, 5.74) is 1.40. The first-order chi connectivity index (χ1) is 9.10. The Morgan fingerprint density at radius 1 is 1.25 bits per heavy atom. The quantitative estimate of drug-likeness (QED) is 0.855. The second-order valence-electron chi connectivity index (χ2n) is 7.30. The zero-order valence-corrected chi connectivity index (χ0v) is 14.5. The van der Waals surface area contributed by atoms with Crippen molar-refractivity contribution in [3.8, 4) is 0 Å². The van der Waals surface area contributed by atoms with E-state index in [1.807, 2.05) is 0 Å². The smallest absolute Gasteiger partial charge is 0.118 e. The molecule has 0 aliphatic carbocycles. The molecule has 1 heterocycles. The molecule has 0 amide bonds. The second kappa shape index (κ2) is 6.77. The van der Waals surface area contributed by atoms with Gasteiger partial charge in [-0.25, -0.2) is 0 Å². The predicted molar refractivity (Wildman–Crippen MR) is 85.8 cm³/mol. The summed E-state index contributed by atoms with van der Waals surface area (Å²) in [4.78, 5) is 2.35. The molecule has 0 radical (unpaired) electrons. The molecular weight excluding hydrogens is 248 g/mol. The van der Waals surface area contributed by atoms with Gasteiger partial charge in [0, 0.05) is 23.7 Å². The first-order valence-corrected chi connectivity index (χ1v) is 7.63. The molecule has 0 spiro atoms. The highest BCUT2D eigenvalue weighted by Crippen LogP contribution is 2.19. The van der Waals surface area contributed by atoms with E-state index < -0.39 is 0 Å². The summed E-state index contributed by atoms with van der Waals surface area (Å²) in [5.74, 6) is 2.74. The van der Waals surface area contributed by atoms with Crippen LogP contribution in [0, 0.1) is 12.8 Å². The maximum absolute atomic E-state index is 5.90. The number of hydrogen-bond donors (Lipinski definition) is 1. The van der Waals surface area contributed by atoms with Crippen LogP contribution in [0.5, 0.6) is 0 Å². The highest BCUT2D eigenvalue weighted by Gasteiger charge is 2.17. The largest absolute Gasteiger partial charge is 0.465 e. The first kappa shape index (κ1) is 17.3. The minimum atomic E-state index is 0.132. The van der Waals surface area contributed by atoms with Crippen LogP contribution >= 0.6 is 0 Å². The van der Waals surface area contributed by atoms with Crippen molar-refractivity contribution >= 4 is 0 Å². The Labute approximate surface area is 124 Å². The van der Waals surface area contributed by atoms with Gasteiger partial charge in [0.2, 0.25) is 0 Å². The summed E-state index contributed by atoms with van der Waals surface area (Å²) in [6, 6.07) is 2.74. The van der Waals surface area contributed by atoms with Crippen LogP contribution in [0.25, 0.3) is 0 Å². The Kier molecular flexibility index (Phi) is 5.84. The molecule has 0 bridgehead atoms. The summed E-state index contributed by atoms with van der Waals surface area (Å²) in [6.07, 6.45) is 0. The summed E-state index contributed by atoms with van der Waals surface area (Å²) in [5, 5.41) is 3.51. The Morgan fingerprint density at radius 3 is 2.35 bits per heavy atom. The van der Waals surface area contributed by atoms with Crippen LogP contribution in [0.3, 0.4) is 0 Å². The normalized spacial score (nSPS) is 14.3. The van der Waals surface area contributed by atoms with E-state index in [-0.39, 0.29) is 5.54 Å². The van der Waals surface area contributed by atoms with E-state index in [0.29, 0.717) is 12.0 Å². The van der Waals surface area contributed by atoms with Gasteiger partial charge in [-0.3, -0.25) is 4.90 Å². The average Bonchev–Trinajstić information content (AvgIpc) is 2.64. The van der Waals surface area contributed by atoms with Gasteiger partial charge in [-0.15, -0.1) is 0 Å². The third-order valence-corrected chi connectivity index (χ3v) is 3.95. The fraction of sp³-hybridized carbons (Fsp3) is 0.765. The third kappa shape index (κ3) is 5.29. The standard InChI is InChI=1S/C17H32N2O/c1-12(2)13(3)19(8)11-16-9-15(14(4)20-16)10-18-17(5,6)7/h9,12-13,18H,10-11H2,1-8H3. The van der Waals surface area contributed by atoms with Gasteiger partial charge in [-0.2, -0.15) is 0 Å². The van der Waals surface area contributed by atoms with Crippen molar-refractivity contribution < 1.29 is 4.42 Å². The lowest BCUT2D eigenvalue weighted by molar-refractivity contribution is 0.186. The highest BCUT2D eigenvalue weighted by molar-refractivity contribution is 5.21. The lowest BCUT2D eigenvalue weighted by atomic mass is 10.1. The summed E-state index contributed by atoms with van der Waals surface area (Å²) >= 11 is 0. The fourth-order valence-electron chi connectivity index (χ4n) is 2.10. The van der Waals surface area contributed by atoms with Crippen molar-refractivity contribution in [2.24, 2.45) is 5.92 Å². The van der Waals surface area contributed by atoms with Crippen LogP contribution in [0.1, 0.15) is 58.6 Å². The Balaban J connectivity index is 2.65. The SMILES string of the molecule is Cc1oc(CN(C)C(C)C(C)C)cc1CNC(C)(C)C. The molecule has 0 aliphatic heterocycles. The van der Waals surface area contributed by atoms with Gasteiger partial charge >= 0.3 is 0 Å².